The fourth-order valence-electron chi connectivity index (χ4n) is 2.56. The van der Waals surface area contributed by atoms with Crippen molar-refractivity contribution in [3.05, 3.63) is 47.5 Å². The smallest absolute Gasteiger partial charge is 0.263 e. The van der Waals surface area contributed by atoms with Gasteiger partial charge in [0.1, 0.15) is 11.6 Å². The van der Waals surface area contributed by atoms with Crippen molar-refractivity contribution in [3.63, 3.8) is 0 Å². The van der Waals surface area contributed by atoms with Crippen LogP contribution >= 0.6 is 11.6 Å². The minimum absolute atomic E-state index is 0.148. The molecule has 0 radical (unpaired) electrons. The van der Waals surface area contributed by atoms with E-state index in [9.17, 15) is 4.79 Å². The first-order valence-corrected chi connectivity index (χ1v) is 8.57. The van der Waals surface area contributed by atoms with Gasteiger partial charge in [0.05, 0.1) is 0 Å². The van der Waals surface area contributed by atoms with Crippen molar-refractivity contribution < 1.29 is 9.53 Å². The summed E-state index contributed by atoms with van der Waals surface area (Å²) in [7, 11) is 0. The molecule has 0 saturated heterocycles. The molecule has 1 fully saturated rings. The lowest BCUT2D eigenvalue weighted by atomic mass is 10.1. The molecule has 1 heterocycles. The van der Waals surface area contributed by atoms with Crippen LogP contribution in [0.25, 0.3) is 0 Å². The number of hydrogen-bond donors (Lipinski definition) is 1. The molecule has 6 heteroatoms. The Morgan fingerprint density at radius 1 is 1.38 bits per heavy atom. The van der Waals surface area contributed by atoms with Crippen molar-refractivity contribution in [2.24, 2.45) is 0 Å². The molecule has 24 heavy (non-hydrogen) atoms. The molecule has 128 valence electrons. The number of carbonyl (C=O) groups is 1. The second-order valence-electron chi connectivity index (χ2n) is 6.58. The highest BCUT2D eigenvalue weighted by Gasteiger charge is 2.30. The lowest BCUT2D eigenvalue weighted by molar-refractivity contribution is -0.134. The number of aromatic nitrogens is 2. The zero-order valence-electron chi connectivity index (χ0n) is 14.0. The molecule has 1 aromatic heterocycles. The van der Waals surface area contributed by atoms with Gasteiger partial charge in [-0.25, -0.2) is 4.98 Å². The summed E-state index contributed by atoms with van der Waals surface area (Å²) in [5.41, 5.74) is -0.956. The number of imidazole rings is 1. The molecule has 5 nitrogen and oxygen atoms in total. The van der Waals surface area contributed by atoms with Crippen LogP contribution in [0.15, 0.2) is 36.7 Å². The van der Waals surface area contributed by atoms with Gasteiger partial charge in [-0.2, -0.15) is 0 Å². The largest absolute Gasteiger partial charge is 0.478 e. The number of halogens is 1. The van der Waals surface area contributed by atoms with Crippen LogP contribution in [0.5, 0.6) is 5.75 Å². The number of nitrogens with zero attached hydrogens (tertiary/aromatic N) is 2. The van der Waals surface area contributed by atoms with Gasteiger partial charge in [-0.05, 0) is 51.0 Å². The quantitative estimate of drug-likeness (QED) is 0.835. The Morgan fingerprint density at radius 2 is 2.08 bits per heavy atom. The van der Waals surface area contributed by atoms with E-state index in [1.54, 1.807) is 38.1 Å². The summed E-state index contributed by atoms with van der Waals surface area (Å²) in [5.74, 6) is 2.19. The van der Waals surface area contributed by atoms with Gasteiger partial charge in [0.25, 0.3) is 5.91 Å². The van der Waals surface area contributed by atoms with Gasteiger partial charge in [-0.3, -0.25) is 4.79 Å². The molecule has 0 aliphatic heterocycles. The third-order valence-corrected chi connectivity index (χ3v) is 4.31. The van der Waals surface area contributed by atoms with E-state index >= 15 is 0 Å². The van der Waals surface area contributed by atoms with E-state index in [0.29, 0.717) is 29.8 Å². The molecule has 1 aliphatic rings. The van der Waals surface area contributed by atoms with E-state index in [1.807, 2.05) is 12.4 Å². The Hall–Kier alpha value is -2.01. The monoisotopic (exact) mass is 347 g/mol. The van der Waals surface area contributed by atoms with Gasteiger partial charge in [-0.15, -0.1) is 0 Å². The molecule has 3 rings (SSSR count). The SMILES string of the molecule is CC(C)(Oc1ccc(Cl)cc1)C(=O)NCCn1ccnc1C1CC1. The summed E-state index contributed by atoms with van der Waals surface area (Å²) in [6.45, 7) is 4.77. The molecule has 2 aromatic rings. The summed E-state index contributed by atoms with van der Waals surface area (Å²) in [6, 6.07) is 6.99. The second kappa shape index (κ2) is 6.85. The summed E-state index contributed by atoms with van der Waals surface area (Å²) in [5, 5.41) is 3.58. The molecule has 1 aromatic carbocycles. The van der Waals surface area contributed by atoms with Gasteiger partial charge in [0, 0.05) is 36.4 Å². The van der Waals surface area contributed by atoms with E-state index in [4.69, 9.17) is 16.3 Å². The maximum atomic E-state index is 12.4. The van der Waals surface area contributed by atoms with Crippen molar-refractivity contribution in [2.45, 2.75) is 44.8 Å². The van der Waals surface area contributed by atoms with Crippen LogP contribution in [0, 0.1) is 0 Å². The van der Waals surface area contributed by atoms with Gasteiger partial charge in [0.15, 0.2) is 5.60 Å². The molecule has 0 bridgehead atoms. The Morgan fingerprint density at radius 3 is 2.75 bits per heavy atom. The maximum absolute atomic E-state index is 12.4. The third kappa shape index (κ3) is 4.09. The van der Waals surface area contributed by atoms with Crippen LogP contribution in [-0.2, 0) is 11.3 Å². The molecule has 0 spiro atoms. The van der Waals surface area contributed by atoms with Crippen molar-refractivity contribution >= 4 is 17.5 Å². The van der Waals surface area contributed by atoms with E-state index in [-0.39, 0.29) is 5.91 Å². The topological polar surface area (TPSA) is 56.1 Å². The average molecular weight is 348 g/mol. The zero-order valence-corrected chi connectivity index (χ0v) is 14.7. The molecular weight excluding hydrogens is 326 g/mol. The fourth-order valence-corrected chi connectivity index (χ4v) is 2.68. The highest BCUT2D eigenvalue weighted by molar-refractivity contribution is 6.30. The van der Waals surface area contributed by atoms with Crippen molar-refractivity contribution in [1.29, 1.82) is 0 Å². The van der Waals surface area contributed by atoms with E-state index in [1.165, 1.54) is 12.8 Å². The molecule has 0 unspecified atom stereocenters. The molecule has 1 N–H and O–H groups in total. The van der Waals surface area contributed by atoms with Gasteiger partial charge >= 0.3 is 0 Å². The number of nitrogens with one attached hydrogen (secondary N) is 1. The number of amides is 1. The standard InChI is InChI=1S/C18H22ClN3O2/c1-18(2,24-15-7-5-14(19)6-8-15)17(23)21-10-12-22-11-9-20-16(22)13-3-4-13/h5-9,11,13H,3-4,10,12H2,1-2H3,(H,21,23). The third-order valence-electron chi connectivity index (χ3n) is 4.06. The van der Waals surface area contributed by atoms with Crippen LogP contribution in [0.2, 0.25) is 5.02 Å². The molecular formula is C18H22ClN3O2. The summed E-state index contributed by atoms with van der Waals surface area (Å²) >= 11 is 5.86. The van der Waals surface area contributed by atoms with Gasteiger partial charge < -0.3 is 14.6 Å². The molecule has 1 aliphatic carbocycles. The second-order valence-corrected chi connectivity index (χ2v) is 7.01. The molecule has 1 amide bonds. The number of ether oxygens (including phenoxy) is 1. The Bertz CT molecular complexity index is 705. The number of hydrogen-bond acceptors (Lipinski definition) is 3. The Balaban J connectivity index is 1.51. The van der Waals surface area contributed by atoms with E-state index < -0.39 is 5.60 Å². The first-order valence-electron chi connectivity index (χ1n) is 8.19. The number of rotatable bonds is 7. The lowest BCUT2D eigenvalue weighted by Crippen LogP contribution is -2.47. The van der Waals surface area contributed by atoms with E-state index in [0.717, 1.165) is 5.82 Å². The minimum Gasteiger partial charge on any atom is -0.478 e. The molecule has 0 atom stereocenters. The van der Waals surface area contributed by atoms with Crippen LogP contribution in [0.3, 0.4) is 0 Å². The highest BCUT2D eigenvalue weighted by atomic mass is 35.5. The van der Waals surface area contributed by atoms with Crippen LogP contribution in [0.4, 0.5) is 0 Å². The lowest BCUT2D eigenvalue weighted by Gasteiger charge is -2.25. The number of benzene rings is 1. The molecule has 1 saturated carbocycles. The predicted molar refractivity (Wildman–Crippen MR) is 93.4 cm³/mol. The first-order chi connectivity index (χ1) is 11.5. The van der Waals surface area contributed by atoms with Crippen LogP contribution in [0.1, 0.15) is 38.4 Å². The van der Waals surface area contributed by atoms with Crippen LogP contribution < -0.4 is 10.1 Å². The Kier molecular flexibility index (Phi) is 4.81. The van der Waals surface area contributed by atoms with Crippen molar-refractivity contribution in [2.75, 3.05) is 6.54 Å². The van der Waals surface area contributed by atoms with Crippen LogP contribution in [-0.4, -0.2) is 27.6 Å². The first kappa shape index (κ1) is 16.8. The zero-order chi connectivity index (χ0) is 17.2. The predicted octanol–water partition coefficient (Wildman–Crippen LogP) is 3.39. The highest BCUT2D eigenvalue weighted by Crippen LogP contribution is 2.38. The van der Waals surface area contributed by atoms with E-state index in [2.05, 4.69) is 14.9 Å². The number of carbonyl (C=O) groups excluding carboxylic acids is 1. The summed E-state index contributed by atoms with van der Waals surface area (Å²) in [6.07, 6.45) is 6.22. The average Bonchev–Trinajstić information content (AvgIpc) is 3.28. The normalized spacial score (nSPS) is 14.5. The summed E-state index contributed by atoms with van der Waals surface area (Å²) in [4.78, 5) is 16.8. The minimum atomic E-state index is -0.956. The fraction of sp³-hybridized carbons (Fsp3) is 0.444. The summed E-state index contributed by atoms with van der Waals surface area (Å²) < 4.78 is 7.90. The van der Waals surface area contributed by atoms with Crippen molar-refractivity contribution in [1.82, 2.24) is 14.9 Å². The van der Waals surface area contributed by atoms with Crippen molar-refractivity contribution in [3.8, 4) is 5.75 Å². The van der Waals surface area contributed by atoms with Gasteiger partial charge in [-0.1, -0.05) is 11.6 Å². The maximum Gasteiger partial charge on any atom is 0.263 e. The van der Waals surface area contributed by atoms with Gasteiger partial charge in [0.2, 0.25) is 0 Å². The Labute approximate surface area is 147 Å².